The van der Waals surface area contributed by atoms with Gasteiger partial charge < -0.3 is 10.4 Å². The normalized spacial score (nSPS) is 17.7. The van der Waals surface area contributed by atoms with Crippen molar-refractivity contribution in [2.45, 2.75) is 19.4 Å². The summed E-state index contributed by atoms with van der Waals surface area (Å²) in [6.45, 7) is 3.68. The van der Waals surface area contributed by atoms with Crippen LogP contribution in [0.5, 0.6) is 0 Å². The Balaban J connectivity index is 1.67. The molecule has 0 fully saturated rings. The van der Waals surface area contributed by atoms with Gasteiger partial charge in [0.2, 0.25) is 5.91 Å². The fourth-order valence-electron chi connectivity index (χ4n) is 3.80. The summed E-state index contributed by atoms with van der Waals surface area (Å²) in [6.07, 6.45) is 0. The minimum Gasteiger partial charge on any atom is -0.372 e. The van der Waals surface area contributed by atoms with Crippen LogP contribution in [0, 0.1) is 13.8 Å². The Bertz CT molecular complexity index is 1160. The van der Waals surface area contributed by atoms with Gasteiger partial charge in [0.25, 0.3) is 5.91 Å². The number of carbonyl (C=O) groups excluding carboxylic acids is 2. The molecular weight excluding hydrogens is 400 g/mol. The summed E-state index contributed by atoms with van der Waals surface area (Å²) in [5, 5.41) is 14.8. The van der Waals surface area contributed by atoms with Crippen LogP contribution in [-0.4, -0.2) is 23.5 Å². The highest BCUT2D eigenvalue weighted by Gasteiger charge is 2.51. The van der Waals surface area contributed by atoms with Crippen molar-refractivity contribution in [3.8, 4) is 0 Å². The number of para-hydroxylation sites is 1. The van der Waals surface area contributed by atoms with Crippen LogP contribution in [-0.2, 0) is 15.2 Å². The molecule has 152 valence electrons. The second-order valence-electron chi connectivity index (χ2n) is 7.42. The molecule has 6 heteroatoms. The number of anilines is 2. The van der Waals surface area contributed by atoms with Crippen LogP contribution in [0.3, 0.4) is 0 Å². The Kier molecular flexibility index (Phi) is 5.10. The lowest BCUT2D eigenvalue weighted by molar-refractivity contribution is -0.133. The van der Waals surface area contributed by atoms with Crippen LogP contribution in [0.1, 0.15) is 22.3 Å². The monoisotopic (exact) mass is 420 g/mol. The van der Waals surface area contributed by atoms with E-state index in [1.807, 2.05) is 32.0 Å². The van der Waals surface area contributed by atoms with Gasteiger partial charge >= 0.3 is 0 Å². The largest absolute Gasteiger partial charge is 0.372 e. The molecule has 1 heterocycles. The highest BCUT2D eigenvalue weighted by atomic mass is 35.5. The number of benzene rings is 3. The number of nitrogens with zero attached hydrogens (tertiary/aromatic N) is 1. The summed E-state index contributed by atoms with van der Waals surface area (Å²) in [7, 11) is 0. The zero-order valence-corrected chi connectivity index (χ0v) is 17.4. The topological polar surface area (TPSA) is 69.6 Å². The van der Waals surface area contributed by atoms with Crippen LogP contribution in [0.2, 0.25) is 5.02 Å². The summed E-state index contributed by atoms with van der Waals surface area (Å²) >= 11 is 6.10. The standard InChI is InChI=1S/C24H21ClN2O3/c1-15-7-5-11-20(16(15)2)26-22(28)14-27-21-12-4-3-10-19(21)24(30,23(27)29)17-8-6-9-18(25)13-17/h3-13,30H,14H2,1-2H3,(H,26,28). The molecular formula is C24H21ClN2O3. The van der Waals surface area contributed by atoms with E-state index in [0.29, 0.717) is 27.5 Å². The Hall–Kier alpha value is -3.15. The van der Waals surface area contributed by atoms with Crippen molar-refractivity contribution < 1.29 is 14.7 Å². The molecule has 5 nitrogen and oxygen atoms in total. The molecule has 30 heavy (non-hydrogen) atoms. The minimum atomic E-state index is -1.90. The Morgan fingerprint density at radius 2 is 1.80 bits per heavy atom. The van der Waals surface area contributed by atoms with Crippen LogP contribution >= 0.6 is 11.6 Å². The molecule has 1 aliphatic heterocycles. The SMILES string of the molecule is Cc1cccc(NC(=O)CN2C(=O)C(O)(c3cccc(Cl)c3)c3ccccc32)c1C. The van der Waals surface area contributed by atoms with Crippen molar-refractivity contribution >= 4 is 34.8 Å². The molecule has 0 aliphatic carbocycles. The van der Waals surface area contributed by atoms with Crippen molar-refractivity contribution in [1.29, 1.82) is 0 Å². The molecule has 4 rings (SSSR count). The van der Waals surface area contributed by atoms with Crippen LogP contribution in [0.25, 0.3) is 0 Å². The average Bonchev–Trinajstić information content (AvgIpc) is 2.94. The van der Waals surface area contributed by atoms with E-state index in [9.17, 15) is 14.7 Å². The number of carbonyl (C=O) groups is 2. The number of nitrogens with one attached hydrogen (secondary N) is 1. The van der Waals surface area contributed by atoms with E-state index in [2.05, 4.69) is 5.32 Å². The smallest absolute Gasteiger partial charge is 0.268 e. The van der Waals surface area contributed by atoms with Gasteiger partial charge in [-0.1, -0.05) is 54.1 Å². The van der Waals surface area contributed by atoms with E-state index in [4.69, 9.17) is 11.6 Å². The fourth-order valence-corrected chi connectivity index (χ4v) is 3.99. The predicted molar refractivity (Wildman–Crippen MR) is 118 cm³/mol. The number of fused-ring (bicyclic) bond motifs is 1. The number of hydrogen-bond acceptors (Lipinski definition) is 3. The maximum Gasteiger partial charge on any atom is 0.268 e. The molecule has 0 aromatic heterocycles. The van der Waals surface area contributed by atoms with Crippen LogP contribution < -0.4 is 10.2 Å². The number of hydrogen-bond donors (Lipinski definition) is 2. The quantitative estimate of drug-likeness (QED) is 0.665. The molecule has 0 bridgehead atoms. The highest BCUT2D eigenvalue weighted by molar-refractivity contribution is 6.30. The summed E-state index contributed by atoms with van der Waals surface area (Å²) in [4.78, 5) is 27.5. The van der Waals surface area contributed by atoms with E-state index in [0.717, 1.165) is 11.1 Å². The van der Waals surface area contributed by atoms with E-state index in [1.165, 1.54) is 4.90 Å². The van der Waals surface area contributed by atoms with Crippen molar-refractivity contribution in [1.82, 2.24) is 0 Å². The fraction of sp³-hybridized carbons (Fsp3) is 0.167. The number of amides is 2. The first-order valence-electron chi connectivity index (χ1n) is 9.58. The van der Waals surface area contributed by atoms with Crippen LogP contribution in [0.4, 0.5) is 11.4 Å². The van der Waals surface area contributed by atoms with Crippen molar-refractivity contribution in [3.63, 3.8) is 0 Å². The van der Waals surface area contributed by atoms with Crippen molar-refractivity contribution in [2.24, 2.45) is 0 Å². The summed E-state index contributed by atoms with van der Waals surface area (Å²) in [6, 6.07) is 19.2. The molecule has 0 spiro atoms. The van der Waals surface area contributed by atoms with Gasteiger partial charge in [0, 0.05) is 16.3 Å². The number of halogens is 1. The van der Waals surface area contributed by atoms with Gasteiger partial charge in [-0.25, -0.2) is 0 Å². The number of aliphatic hydroxyl groups is 1. The van der Waals surface area contributed by atoms with Crippen molar-refractivity contribution in [3.05, 3.63) is 94.0 Å². The van der Waals surface area contributed by atoms with Crippen molar-refractivity contribution in [2.75, 3.05) is 16.8 Å². The Morgan fingerprint density at radius 3 is 2.57 bits per heavy atom. The summed E-state index contributed by atoms with van der Waals surface area (Å²) in [5.74, 6) is -0.927. The molecule has 1 atom stereocenters. The van der Waals surface area contributed by atoms with Gasteiger partial charge in [-0.05, 0) is 54.8 Å². The Labute approximate surface area is 179 Å². The maximum absolute atomic E-state index is 13.4. The summed E-state index contributed by atoms with van der Waals surface area (Å²) < 4.78 is 0. The second kappa shape index (κ2) is 7.59. The van der Waals surface area contributed by atoms with Gasteiger partial charge in [0.1, 0.15) is 6.54 Å². The second-order valence-corrected chi connectivity index (χ2v) is 7.86. The molecule has 0 saturated carbocycles. The van der Waals surface area contributed by atoms with Crippen LogP contribution in [0.15, 0.2) is 66.7 Å². The van der Waals surface area contributed by atoms with E-state index < -0.39 is 11.5 Å². The van der Waals surface area contributed by atoms with E-state index in [1.54, 1.807) is 48.5 Å². The van der Waals surface area contributed by atoms with Gasteiger partial charge in [0.05, 0.1) is 5.69 Å². The third-order valence-electron chi connectivity index (χ3n) is 5.56. The molecule has 2 N–H and O–H groups in total. The maximum atomic E-state index is 13.4. The molecule has 2 amide bonds. The zero-order valence-electron chi connectivity index (χ0n) is 16.6. The first-order chi connectivity index (χ1) is 14.3. The third kappa shape index (κ3) is 3.26. The molecule has 3 aromatic carbocycles. The third-order valence-corrected chi connectivity index (χ3v) is 5.80. The lowest BCUT2D eigenvalue weighted by Gasteiger charge is -2.24. The molecule has 0 radical (unpaired) electrons. The molecule has 3 aromatic rings. The number of aryl methyl sites for hydroxylation is 1. The molecule has 1 aliphatic rings. The lowest BCUT2D eigenvalue weighted by atomic mass is 9.87. The number of rotatable bonds is 4. The zero-order chi connectivity index (χ0) is 21.5. The van der Waals surface area contributed by atoms with Gasteiger partial charge in [-0.2, -0.15) is 0 Å². The average molecular weight is 421 g/mol. The minimum absolute atomic E-state index is 0.216. The lowest BCUT2D eigenvalue weighted by Crippen LogP contribution is -2.44. The van der Waals surface area contributed by atoms with Gasteiger partial charge in [0.15, 0.2) is 5.60 Å². The van der Waals surface area contributed by atoms with E-state index >= 15 is 0 Å². The molecule has 0 saturated heterocycles. The predicted octanol–water partition coefficient (Wildman–Crippen LogP) is 4.18. The first kappa shape index (κ1) is 20.1. The summed E-state index contributed by atoms with van der Waals surface area (Å²) in [5.41, 5.74) is 2.12. The Morgan fingerprint density at radius 1 is 1.07 bits per heavy atom. The van der Waals surface area contributed by atoms with E-state index in [-0.39, 0.29) is 12.5 Å². The highest BCUT2D eigenvalue weighted by Crippen LogP contribution is 2.44. The van der Waals surface area contributed by atoms with Gasteiger partial charge in [-0.3, -0.25) is 14.5 Å². The first-order valence-corrected chi connectivity index (χ1v) is 9.96. The van der Waals surface area contributed by atoms with Gasteiger partial charge in [-0.15, -0.1) is 0 Å². The molecule has 1 unspecified atom stereocenters.